The van der Waals surface area contributed by atoms with E-state index in [-0.39, 0.29) is 12.7 Å². The Balaban J connectivity index is 1.41. The molecule has 0 saturated carbocycles. The fraction of sp³-hybridized carbons (Fsp3) is 0.217. The maximum Gasteiger partial charge on any atom is 0.248 e. The van der Waals surface area contributed by atoms with Gasteiger partial charge >= 0.3 is 0 Å². The van der Waals surface area contributed by atoms with E-state index in [4.69, 9.17) is 9.47 Å². The number of aromatic nitrogens is 2. The predicted octanol–water partition coefficient (Wildman–Crippen LogP) is 4.44. The van der Waals surface area contributed by atoms with Gasteiger partial charge in [0, 0.05) is 36.6 Å². The number of rotatable bonds is 6. The molecule has 1 N–H and O–H groups in total. The molecule has 6 heteroatoms. The van der Waals surface area contributed by atoms with Gasteiger partial charge in [-0.1, -0.05) is 32.0 Å². The van der Waals surface area contributed by atoms with Crippen molar-refractivity contribution in [3.05, 3.63) is 77.9 Å². The minimum Gasteiger partial charge on any atom is -0.454 e. The van der Waals surface area contributed by atoms with Crippen molar-refractivity contribution in [2.45, 2.75) is 26.3 Å². The number of fused-ring (bicyclic) bond motifs is 1. The number of carbonyl (C=O) groups is 1. The molecule has 0 fully saturated rings. The Labute approximate surface area is 169 Å². The standard InChI is InChI=1S/C23H23N3O3/c1-16(2)23-24-10-11-26(23)14-18-4-3-5-19(12-18)25-22(27)9-7-17-6-8-20-21(13-17)29-15-28-20/h3-13,16H,14-15H2,1-2H3,(H,25,27). The highest BCUT2D eigenvalue weighted by Crippen LogP contribution is 2.32. The molecule has 1 aromatic heterocycles. The number of hydrogen-bond donors (Lipinski definition) is 1. The predicted molar refractivity (Wildman–Crippen MR) is 112 cm³/mol. The molecule has 3 aromatic rings. The molecular weight excluding hydrogens is 366 g/mol. The van der Waals surface area contributed by atoms with Crippen molar-refractivity contribution in [1.82, 2.24) is 9.55 Å². The number of carbonyl (C=O) groups excluding carboxylic acids is 1. The molecule has 0 aliphatic carbocycles. The lowest BCUT2D eigenvalue weighted by Gasteiger charge is -2.11. The normalized spacial score (nSPS) is 12.7. The smallest absolute Gasteiger partial charge is 0.248 e. The number of nitrogens with one attached hydrogen (secondary N) is 1. The van der Waals surface area contributed by atoms with Crippen LogP contribution in [0, 0.1) is 0 Å². The molecule has 29 heavy (non-hydrogen) atoms. The monoisotopic (exact) mass is 389 g/mol. The summed E-state index contributed by atoms with van der Waals surface area (Å²) in [5, 5.41) is 2.92. The van der Waals surface area contributed by atoms with Crippen molar-refractivity contribution >= 4 is 17.7 Å². The van der Waals surface area contributed by atoms with Gasteiger partial charge in [0.15, 0.2) is 11.5 Å². The Bertz CT molecular complexity index is 1050. The number of anilines is 1. The van der Waals surface area contributed by atoms with Gasteiger partial charge in [0.1, 0.15) is 5.82 Å². The van der Waals surface area contributed by atoms with E-state index in [2.05, 4.69) is 28.7 Å². The van der Waals surface area contributed by atoms with E-state index in [1.165, 1.54) is 6.08 Å². The largest absolute Gasteiger partial charge is 0.454 e. The number of ether oxygens (including phenoxy) is 2. The van der Waals surface area contributed by atoms with Crippen LogP contribution in [0.25, 0.3) is 6.08 Å². The summed E-state index contributed by atoms with van der Waals surface area (Å²) < 4.78 is 12.8. The topological polar surface area (TPSA) is 65.4 Å². The molecule has 0 unspecified atom stereocenters. The highest BCUT2D eigenvalue weighted by atomic mass is 16.7. The number of nitrogens with zero attached hydrogens (tertiary/aromatic N) is 2. The molecule has 4 rings (SSSR count). The van der Waals surface area contributed by atoms with Crippen LogP contribution in [0.15, 0.2) is 60.9 Å². The van der Waals surface area contributed by atoms with Gasteiger partial charge in [0.05, 0.1) is 0 Å². The van der Waals surface area contributed by atoms with Crippen LogP contribution in [0.3, 0.4) is 0 Å². The molecule has 2 aromatic carbocycles. The second-order valence-electron chi connectivity index (χ2n) is 7.20. The minimum atomic E-state index is -0.190. The van der Waals surface area contributed by atoms with Gasteiger partial charge in [-0.3, -0.25) is 4.79 Å². The van der Waals surface area contributed by atoms with Gasteiger partial charge in [0.25, 0.3) is 0 Å². The molecule has 1 aliphatic heterocycles. The number of imidazole rings is 1. The summed E-state index contributed by atoms with van der Waals surface area (Å²) in [6.07, 6.45) is 7.06. The average Bonchev–Trinajstić information content (AvgIpc) is 3.35. The van der Waals surface area contributed by atoms with E-state index in [0.717, 1.165) is 28.4 Å². The van der Waals surface area contributed by atoms with Crippen LogP contribution >= 0.6 is 0 Å². The first-order valence-electron chi connectivity index (χ1n) is 9.57. The van der Waals surface area contributed by atoms with Crippen molar-refractivity contribution in [3.63, 3.8) is 0 Å². The summed E-state index contributed by atoms with van der Waals surface area (Å²) >= 11 is 0. The molecule has 1 amide bonds. The maximum absolute atomic E-state index is 12.3. The Morgan fingerprint density at radius 3 is 2.93 bits per heavy atom. The number of hydrogen-bond acceptors (Lipinski definition) is 4. The summed E-state index contributed by atoms with van der Waals surface area (Å²) in [4.78, 5) is 16.7. The molecule has 0 bridgehead atoms. The zero-order chi connectivity index (χ0) is 20.2. The Morgan fingerprint density at radius 1 is 1.21 bits per heavy atom. The van der Waals surface area contributed by atoms with Crippen LogP contribution in [0.1, 0.15) is 36.7 Å². The first kappa shape index (κ1) is 18.8. The van der Waals surface area contributed by atoms with E-state index in [1.807, 2.05) is 54.9 Å². The molecule has 6 nitrogen and oxygen atoms in total. The Morgan fingerprint density at radius 2 is 2.07 bits per heavy atom. The van der Waals surface area contributed by atoms with Crippen molar-refractivity contribution in [2.75, 3.05) is 12.1 Å². The lowest BCUT2D eigenvalue weighted by Crippen LogP contribution is -2.09. The minimum absolute atomic E-state index is 0.190. The van der Waals surface area contributed by atoms with Gasteiger partial charge in [-0.15, -0.1) is 0 Å². The third kappa shape index (κ3) is 4.48. The van der Waals surface area contributed by atoms with Crippen LogP contribution in [0.4, 0.5) is 5.69 Å². The number of benzene rings is 2. The molecule has 0 atom stereocenters. The summed E-state index contributed by atoms with van der Waals surface area (Å²) in [5.41, 5.74) is 2.73. The molecular formula is C23H23N3O3. The van der Waals surface area contributed by atoms with Gasteiger partial charge < -0.3 is 19.4 Å². The van der Waals surface area contributed by atoms with Crippen molar-refractivity contribution in [1.29, 1.82) is 0 Å². The first-order valence-corrected chi connectivity index (χ1v) is 9.57. The molecule has 0 saturated heterocycles. The van der Waals surface area contributed by atoms with Crippen LogP contribution < -0.4 is 14.8 Å². The average molecular weight is 389 g/mol. The zero-order valence-electron chi connectivity index (χ0n) is 16.5. The van der Waals surface area contributed by atoms with Crippen LogP contribution in [0.5, 0.6) is 11.5 Å². The van der Waals surface area contributed by atoms with E-state index >= 15 is 0 Å². The van der Waals surface area contributed by atoms with Gasteiger partial charge in [-0.2, -0.15) is 0 Å². The summed E-state index contributed by atoms with van der Waals surface area (Å²) in [6, 6.07) is 13.4. The number of amides is 1. The van der Waals surface area contributed by atoms with Crippen LogP contribution in [-0.2, 0) is 11.3 Å². The quantitative estimate of drug-likeness (QED) is 0.633. The van der Waals surface area contributed by atoms with E-state index in [1.54, 1.807) is 6.08 Å². The fourth-order valence-corrected chi connectivity index (χ4v) is 3.27. The fourth-order valence-electron chi connectivity index (χ4n) is 3.27. The third-order valence-corrected chi connectivity index (χ3v) is 4.64. The second kappa shape index (κ2) is 8.22. The lowest BCUT2D eigenvalue weighted by atomic mass is 10.1. The Kier molecular flexibility index (Phi) is 5.33. The molecule has 2 heterocycles. The zero-order valence-corrected chi connectivity index (χ0v) is 16.5. The second-order valence-corrected chi connectivity index (χ2v) is 7.20. The van der Waals surface area contributed by atoms with Crippen molar-refractivity contribution in [2.24, 2.45) is 0 Å². The third-order valence-electron chi connectivity index (χ3n) is 4.64. The summed E-state index contributed by atoms with van der Waals surface area (Å²) in [7, 11) is 0. The summed E-state index contributed by atoms with van der Waals surface area (Å²) in [5.74, 6) is 2.63. The molecule has 1 aliphatic rings. The van der Waals surface area contributed by atoms with Crippen molar-refractivity contribution in [3.8, 4) is 11.5 Å². The van der Waals surface area contributed by atoms with Crippen LogP contribution in [0.2, 0.25) is 0 Å². The molecule has 148 valence electrons. The highest BCUT2D eigenvalue weighted by Gasteiger charge is 2.12. The first-order chi connectivity index (χ1) is 14.1. The van der Waals surface area contributed by atoms with Crippen LogP contribution in [-0.4, -0.2) is 22.3 Å². The van der Waals surface area contributed by atoms with Crippen molar-refractivity contribution < 1.29 is 14.3 Å². The molecule has 0 radical (unpaired) electrons. The maximum atomic E-state index is 12.3. The van der Waals surface area contributed by atoms with E-state index < -0.39 is 0 Å². The van der Waals surface area contributed by atoms with E-state index in [9.17, 15) is 4.79 Å². The van der Waals surface area contributed by atoms with Gasteiger partial charge in [-0.25, -0.2) is 4.98 Å². The molecule has 0 spiro atoms. The summed E-state index contributed by atoms with van der Waals surface area (Å²) in [6.45, 7) is 5.20. The highest BCUT2D eigenvalue weighted by molar-refractivity contribution is 6.02. The van der Waals surface area contributed by atoms with Gasteiger partial charge in [-0.05, 0) is 41.5 Å². The van der Waals surface area contributed by atoms with Gasteiger partial charge in [0.2, 0.25) is 12.7 Å². The lowest BCUT2D eigenvalue weighted by molar-refractivity contribution is -0.111. The van der Waals surface area contributed by atoms with E-state index in [0.29, 0.717) is 18.2 Å². The Hall–Kier alpha value is -3.54. The SMILES string of the molecule is CC(C)c1nccn1Cc1cccc(NC(=O)C=Cc2ccc3c(c2)OCO3)c1.